The third kappa shape index (κ3) is 2.18. The largest absolute Gasteiger partial charge is 0.112 e. The van der Waals surface area contributed by atoms with Gasteiger partial charge in [0.05, 0.1) is 0 Å². The zero-order valence-electron chi connectivity index (χ0n) is 7.36. The first kappa shape index (κ1) is 9.30. The molecule has 1 heteroatoms. The van der Waals surface area contributed by atoms with Gasteiger partial charge in [0.2, 0.25) is 0 Å². The van der Waals surface area contributed by atoms with Gasteiger partial charge in [-0.2, -0.15) is 0 Å². The van der Waals surface area contributed by atoms with E-state index in [0.717, 1.165) is 0 Å². The summed E-state index contributed by atoms with van der Waals surface area (Å²) in [6.45, 7) is 10.6. The summed E-state index contributed by atoms with van der Waals surface area (Å²) in [7, 11) is 0. The Balaban J connectivity index is 4.34. The molecular weight excluding hydrogens is 127 g/mol. The molecule has 0 fully saturated rings. The van der Waals surface area contributed by atoms with Gasteiger partial charge in [0.1, 0.15) is 0 Å². The molecule has 0 spiro atoms. The average Bonchev–Trinajstić information content (AvgIpc) is 1.64. The fourth-order valence-electron chi connectivity index (χ4n) is 0.428. The molecule has 0 aliphatic heterocycles. The van der Waals surface area contributed by atoms with Gasteiger partial charge in [0, 0.05) is 0 Å². The van der Waals surface area contributed by atoms with Crippen molar-refractivity contribution < 1.29 is 0 Å². The molecule has 0 aliphatic rings. The van der Waals surface area contributed by atoms with Gasteiger partial charge in [-0.3, -0.25) is 0 Å². The van der Waals surface area contributed by atoms with Crippen LogP contribution in [0.3, 0.4) is 0 Å². The Labute approximate surface area is 59.6 Å². The van der Waals surface area contributed by atoms with Crippen LogP contribution in [-0.4, -0.2) is 24.8 Å². The van der Waals surface area contributed by atoms with Gasteiger partial charge in [-0.1, -0.05) is 20.8 Å². The maximum absolute atomic E-state index is 4.22. The van der Waals surface area contributed by atoms with E-state index < -0.39 is 6.89 Å². The van der Waals surface area contributed by atoms with Gasteiger partial charge in [0.15, 0.2) is 0 Å². The van der Waals surface area contributed by atoms with Crippen LogP contribution in [0.5, 0.6) is 0 Å². The first-order valence-corrected chi connectivity index (χ1v) is 6.36. The highest BCUT2D eigenvalue weighted by molar-refractivity contribution is 7.73. The molecule has 0 aliphatic carbocycles. The van der Waals surface area contributed by atoms with E-state index in [1.54, 1.807) is 0 Å². The highest BCUT2D eigenvalue weighted by atomic mass is 31.2. The van der Waals surface area contributed by atoms with Gasteiger partial charge in [-0.25, -0.2) is 0 Å². The molecule has 0 aromatic carbocycles. The minimum absolute atomic E-state index is 0.479. The fraction of sp³-hybridized carbons (Fsp3) is 0.875. The Bertz CT molecular complexity index is 128. The van der Waals surface area contributed by atoms with Crippen LogP contribution in [0.25, 0.3) is 0 Å². The molecule has 0 unspecified atom stereocenters. The fourth-order valence-corrected chi connectivity index (χ4v) is 1.28. The molecule has 0 nitrogen and oxygen atoms in total. The van der Waals surface area contributed by atoms with Gasteiger partial charge >= 0.3 is 0 Å². The van der Waals surface area contributed by atoms with E-state index in [9.17, 15) is 0 Å². The second kappa shape index (κ2) is 2.50. The Kier molecular flexibility index (Phi) is 2.58. The van der Waals surface area contributed by atoms with Crippen molar-refractivity contribution in [2.75, 3.05) is 13.3 Å². The van der Waals surface area contributed by atoms with Gasteiger partial charge < -0.3 is 0 Å². The lowest BCUT2D eigenvalue weighted by Gasteiger charge is -2.33. The molecule has 0 N–H and O–H groups in total. The number of rotatable bonds is 2. The molecule has 0 bridgehead atoms. The highest BCUT2D eigenvalue weighted by Gasteiger charge is 2.22. The second-order valence-corrected chi connectivity index (χ2v) is 8.43. The van der Waals surface area contributed by atoms with Crippen molar-refractivity contribution in [1.82, 2.24) is 0 Å². The molecule has 0 radical (unpaired) electrons. The lowest BCUT2D eigenvalue weighted by molar-refractivity contribution is 0.671. The molecule has 56 valence electrons. The Morgan fingerprint density at radius 2 is 1.67 bits per heavy atom. The maximum Gasteiger partial charge on any atom is -0.0165 e. The Morgan fingerprint density at radius 1 is 1.33 bits per heavy atom. The number of hydrogen-bond acceptors (Lipinski definition) is 0. The summed E-state index contributed by atoms with van der Waals surface area (Å²) in [6, 6.07) is 0. The first-order valence-electron chi connectivity index (χ1n) is 3.49. The van der Waals surface area contributed by atoms with Crippen LogP contribution in [-0.2, 0) is 0 Å². The van der Waals surface area contributed by atoms with E-state index in [1.165, 1.54) is 6.42 Å². The summed E-state index contributed by atoms with van der Waals surface area (Å²) in [5, 5.41) is 0.479. The average molecular weight is 146 g/mol. The van der Waals surface area contributed by atoms with Crippen molar-refractivity contribution in [2.45, 2.75) is 32.3 Å². The molecule has 0 rings (SSSR count). The predicted molar refractivity (Wildman–Crippen MR) is 50.3 cm³/mol. The van der Waals surface area contributed by atoms with E-state index in [0.29, 0.717) is 5.16 Å². The van der Waals surface area contributed by atoms with Crippen molar-refractivity contribution in [1.29, 1.82) is 0 Å². The molecule has 0 amide bonds. The lowest BCUT2D eigenvalue weighted by Crippen LogP contribution is -2.17. The summed E-state index contributed by atoms with van der Waals surface area (Å²) >= 11 is 0. The van der Waals surface area contributed by atoms with Crippen molar-refractivity contribution in [3.63, 3.8) is 0 Å². The van der Waals surface area contributed by atoms with Gasteiger partial charge in [-0.15, -0.1) is 13.2 Å². The lowest BCUT2D eigenvalue weighted by atomic mass is 10.1. The molecule has 0 saturated heterocycles. The minimum Gasteiger partial charge on any atom is -0.112 e. The number of hydrogen-bond donors (Lipinski definition) is 0. The molecule has 0 saturated carbocycles. The molecule has 0 heterocycles. The minimum atomic E-state index is -0.869. The molecule has 0 aromatic heterocycles. The Hall–Kier alpha value is 0.300. The molecule has 9 heavy (non-hydrogen) atoms. The van der Waals surface area contributed by atoms with Crippen molar-refractivity contribution in [2.24, 2.45) is 0 Å². The van der Waals surface area contributed by atoms with Crippen molar-refractivity contribution >= 4 is 13.2 Å². The van der Waals surface area contributed by atoms with Gasteiger partial charge in [0.25, 0.3) is 0 Å². The van der Waals surface area contributed by atoms with E-state index >= 15 is 0 Å². The summed E-state index contributed by atoms with van der Waals surface area (Å²) < 4.78 is 0. The summed E-state index contributed by atoms with van der Waals surface area (Å²) in [6.07, 6.45) is 5.47. The SMILES string of the molecule is C=P(C)(C)C(C)(C)CC. The molecular formula is C8H19P. The standard InChI is InChI=1S/C8H19P/c1-7-8(2,3)9(4,5)6/h4,7H2,1-3,5-6H3. The zero-order valence-corrected chi connectivity index (χ0v) is 8.26. The van der Waals surface area contributed by atoms with Crippen molar-refractivity contribution in [3.8, 4) is 0 Å². The van der Waals surface area contributed by atoms with E-state index in [1.807, 2.05) is 0 Å². The second-order valence-electron chi connectivity index (χ2n) is 3.85. The topological polar surface area (TPSA) is 0 Å². The zero-order chi connectivity index (χ0) is 7.71. The highest BCUT2D eigenvalue weighted by Crippen LogP contribution is 2.52. The van der Waals surface area contributed by atoms with Crippen LogP contribution in [0.2, 0.25) is 0 Å². The van der Waals surface area contributed by atoms with Crippen LogP contribution in [0, 0.1) is 0 Å². The quantitative estimate of drug-likeness (QED) is 0.525. The Morgan fingerprint density at radius 3 is 1.67 bits per heavy atom. The smallest absolute Gasteiger partial charge is 0.0165 e. The van der Waals surface area contributed by atoms with Crippen molar-refractivity contribution in [3.05, 3.63) is 0 Å². The van der Waals surface area contributed by atoms with Crippen LogP contribution in [0.4, 0.5) is 0 Å². The first-order chi connectivity index (χ1) is 3.81. The summed E-state index contributed by atoms with van der Waals surface area (Å²) in [4.78, 5) is 0. The van der Waals surface area contributed by atoms with E-state index in [4.69, 9.17) is 0 Å². The molecule has 0 aromatic rings. The van der Waals surface area contributed by atoms with Crippen LogP contribution in [0.1, 0.15) is 27.2 Å². The predicted octanol–water partition coefficient (Wildman–Crippen LogP) is 2.88. The van der Waals surface area contributed by atoms with Crippen LogP contribution >= 0.6 is 6.89 Å². The van der Waals surface area contributed by atoms with E-state index in [-0.39, 0.29) is 0 Å². The third-order valence-corrected chi connectivity index (χ3v) is 6.10. The monoisotopic (exact) mass is 146 g/mol. The third-order valence-electron chi connectivity index (χ3n) is 2.50. The molecule has 0 atom stereocenters. The van der Waals surface area contributed by atoms with Crippen LogP contribution in [0.15, 0.2) is 0 Å². The van der Waals surface area contributed by atoms with Gasteiger partial charge in [-0.05, 0) is 24.9 Å². The van der Waals surface area contributed by atoms with Crippen LogP contribution < -0.4 is 0 Å². The maximum atomic E-state index is 4.22. The van der Waals surface area contributed by atoms with E-state index in [2.05, 4.69) is 40.4 Å². The summed E-state index contributed by atoms with van der Waals surface area (Å²) in [5.74, 6) is 0. The normalized spacial score (nSPS) is 13.9. The summed E-state index contributed by atoms with van der Waals surface area (Å²) in [5.41, 5.74) is 0.